The van der Waals surface area contributed by atoms with E-state index in [-0.39, 0.29) is 0 Å². The van der Waals surface area contributed by atoms with Gasteiger partial charge in [0.05, 0.1) is 33.0 Å². The quantitative estimate of drug-likeness (QED) is 0.190. The van der Waals surface area contributed by atoms with Crippen LogP contribution in [0.25, 0.3) is 86.5 Å². The van der Waals surface area contributed by atoms with Crippen LogP contribution in [0.15, 0.2) is 158 Å². The van der Waals surface area contributed by atoms with Gasteiger partial charge in [0.2, 0.25) is 0 Å². The van der Waals surface area contributed by atoms with Crippen molar-refractivity contribution >= 4 is 81.0 Å². The number of nitrogens with zero attached hydrogens (tertiary/aromatic N) is 4. The van der Waals surface area contributed by atoms with Gasteiger partial charge in [-0.3, -0.25) is 4.98 Å². The van der Waals surface area contributed by atoms with Crippen molar-refractivity contribution in [3.8, 4) is 33.9 Å². The molecular formula is C45H26N4S. The molecular weight excluding hydrogens is 629 g/mol. The van der Waals surface area contributed by atoms with Gasteiger partial charge in [0.25, 0.3) is 0 Å². The fraction of sp³-hybridized carbons (Fsp3) is 0. The Morgan fingerprint density at radius 1 is 0.520 bits per heavy atom. The molecule has 1 aliphatic heterocycles. The van der Waals surface area contributed by atoms with Crippen LogP contribution in [0, 0.1) is 0 Å². The highest BCUT2D eigenvalue weighted by molar-refractivity contribution is 7.26. The van der Waals surface area contributed by atoms with E-state index in [1.165, 1.54) is 54.1 Å². The van der Waals surface area contributed by atoms with E-state index in [9.17, 15) is 0 Å². The molecule has 0 saturated carbocycles. The number of rotatable bonds is 3. The third kappa shape index (κ3) is 3.95. The van der Waals surface area contributed by atoms with Crippen molar-refractivity contribution in [2.24, 2.45) is 0 Å². The first kappa shape index (κ1) is 27.5. The van der Waals surface area contributed by atoms with Crippen LogP contribution in [0.5, 0.6) is 0 Å². The number of thiophene rings is 1. The first-order chi connectivity index (χ1) is 24.8. The average Bonchev–Trinajstić information content (AvgIpc) is 3.56. The highest BCUT2D eigenvalue weighted by Gasteiger charge is 2.29. The lowest BCUT2D eigenvalue weighted by molar-refractivity contribution is 1.21. The van der Waals surface area contributed by atoms with Gasteiger partial charge < -0.3 is 4.90 Å². The summed E-state index contributed by atoms with van der Waals surface area (Å²) in [5.74, 6) is 0.683. The highest BCUT2D eigenvalue weighted by Crippen LogP contribution is 2.54. The molecule has 4 heterocycles. The van der Waals surface area contributed by atoms with Crippen LogP contribution in [0.3, 0.4) is 0 Å². The largest absolute Gasteiger partial charge is 0.308 e. The maximum atomic E-state index is 5.33. The molecule has 0 fully saturated rings. The molecule has 0 amide bonds. The number of hydrogen-bond acceptors (Lipinski definition) is 5. The predicted octanol–water partition coefficient (Wildman–Crippen LogP) is 12.5. The van der Waals surface area contributed by atoms with E-state index in [1.54, 1.807) is 11.3 Å². The van der Waals surface area contributed by atoms with Crippen LogP contribution in [0.1, 0.15) is 0 Å². The van der Waals surface area contributed by atoms with Crippen molar-refractivity contribution in [1.29, 1.82) is 0 Å². The van der Waals surface area contributed by atoms with Crippen molar-refractivity contribution < 1.29 is 0 Å². The molecule has 232 valence electrons. The molecule has 11 rings (SSSR count). The minimum absolute atomic E-state index is 0.683. The number of hydrogen-bond donors (Lipinski definition) is 0. The second-order valence-corrected chi connectivity index (χ2v) is 13.9. The van der Waals surface area contributed by atoms with E-state index in [2.05, 4.69) is 138 Å². The maximum Gasteiger partial charge on any atom is 0.160 e. The molecule has 0 saturated heterocycles. The van der Waals surface area contributed by atoms with E-state index in [0.29, 0.717) is 5.82 Å². The standard InChI is InChI=1S/C45H26N4S/c1-4-16-32-27(11-1)22-23-34-33-18-9-13-28-14-10-20-37(40(28)33)49(43(32)34)38-26-30(25-29-12-2-3-15-31(29)38)45-47-41-35-17-5-6-21-39(35)50-44(41)42(48-45)36-19-7-8-24-46-36/h1-26H. The average molecular weight is 655 g/mol. The Balaban J connectivity index is 1.25. The summed E-state index contributed by atoms with van der Waals surface area (Å²) in [4.78, 5) is 17.9. The van der Waals surface area contributed by atoms with Crippen molar-refractivity contribution in [2.75, 3.05) is 4.90 Å². The number of benzene rings is 7. The van der Waals surface area contributed by atoms with Crippen molar-refractivity contribution in [1.82, 2.24) is 15.0 Å². The van der Waals surface area contributed by atoms with Crippen LogP contribution in [-0.4, -0.2) is 15.0 Å². The van der Waals surface area contributed by atoms with Gasteiger partial charge in [-0.2, -0.15) is 0 Å². The second kappa shape index (κ2) is 10.5. The van der Waals surface area contributed by atoms with Gasteiger partial charge in [-0.15, -0.1) is 11.3 Å². The minimum atomic E-state index is 0.683. The van der Waals surface area contributed by atoms with Crippen LogP contribution in [0.4, 0.5) is 17.1 Å². The molecule has 50 heavy (non-hydrogen) atoms. The van der Waals surface area contributed by atoms with Crippen LogP contribution in [0.2, 0.25) is 0 Å². The summed E-state index contributed by atoms with van der Waals surface area (Å²) in [7, 11) is 0. The number of fused-ring (bicyclic) bond motifs is 8. The first-order valence-corrected chi connectivity index (χ1v) is 17.6. The Morgan fingerprint density at radius 2 is 1.28 bits per heavy atom. The monoisotopic (exact) mass is 654 g/mol. The van der Waals surface area contributed by atoms with Crippen LogP contribution < -0.4 is 4.90 Å². The van der Waals surface area contributed by atoms with Crippen molar-refractivity contribution in [2.45, 2.75) is 0 Å². The lowest BCUT2D eigenvalue weighted by atomic mass is 9.88. The Bertz CT molecular complexity index is 3000. The van der Waals surface area contributed by atoms with Gasteiger partial charge in [-0.1, -0.05) is 115 Å². The SMILES string of the molecule is c1ccc(-c2nc(-c3cc(N4c5c(ccc6ccccc56)-c5cccc6cccc4c56)c4ccccc4c3)nc3c2sc2ccccc23)nc1. The summed E-state index contributed by atoms with van der Waals surface area (Å²) in [6, 6.07) is 54.3. The summed E-state index contributed by atoms with van der Waals surface area (Å²) in [6.45, 7) is 0. The normalized spacial score (nSPS) is 12.4. The molecule has 5 heteroatoms. The molecule has 7 aromatic carbocycles. The molecule has 0 N–H and O–H groups in total. The number of anilines is 3. The molecule has 10 aromatic rings. The molecule has 3 aromatic heterocycles. The highest BCUT2D eigenvalue weighted by atomic mass is 32.1. The molecule has 0 radical (unpaired) electrons. The Hall–Kier alpha value is -6.43. The number of aromatic nitrogens is 3. The van der Waals surface area contributed by atoms with Crippen molar-refractivity contribution in [3.05, 3.63) is 158 Å². The molecule has 4 nitrogen and oxygen atoms in total. The van der Waals surface area contributed by atoms with E-state index in [4.69, 9.17) is 15.0 Å². The van der Waals surface area contributed by atoms with E-state index in [1.807, 2.05) is 24.4 Å². The Labute approximate surface area is 291 Å². The second-order valence-electron chi connectivity index (χ2n) is 12.8. The summed E-state index contributed by atoms with van der Waals surface area (Å²) in [5.41, 5.74) is 9.54. The zero-order valence-corrected chi connectivity index (χ0v) is 27.5. The Morgan fingerprint density at radius 3 is 2.16 bits per heavy atom. The predicted molar refractivity (Wildman–Crippen MR) is 210 cm³/mol. The smallest absolute Gasteiger partial charge is 0.160 e. The molecule has 0 atom stereocenters. The molecule has 1 aliphatic rings. The molecule has 0 spiro atoms. The lowest BCUT2D eigenvalue weighted by Gasteiger charge is -2.35. The van der Waals surface area contributed by atoms with Gasteiger partial charge in [0, 0.05) is 43.6 Å². The number of pyridine rings is 1. The maximum absolute atomic E-state index is 5.33. The fourth-order valence-electron chi connectivity index (χ4n) is 7.82. The van der Waals surface area contributed by atoms with Gasteiger partial charge in [0.1, 0.15) is 5.69 Å². The van der Waals surface area contributed by atoms with E-state index >= 15 is 0 Å². The van der Waals surface area contributed by atoms with Gasteiger partial charge in [0.15, 0.2) is 5.82 Å². The first-order valence-electron chi connectivity index (χ1n) is 16.8. The van der Waals surface area contributed by atoms with Gasteiger partial charge >= 0.3 is 0 Å². The topological polar surface area (TPSA) is 41.9 Å². The fourth-order valence-corrected chi connectivity index (χ4v) is 8.96. The van der Waals surface area contributed by atoms with Gasteiger partial charge in [-0.25, -0.2) is 9.97 Å². The van der Waals surface area contributed by atoms with E-state index < -0.39 is 0 Å². The molecule has 0 unspecified atom stereocenters. The zero-order chi connectivity index (χ0) is 32.8. The molecule has 0 aliphatic carbocycles. The third-order valence-electron chi connectivity index (χ3n) is 10.0. The van der Waals surface area contributed by atoms with Crippen LogP contribution >= 0.6 is 11.3 Å². The lowest BCUT2D eigenvalue weighted by Crippen LogP contribution is -2.16. The summed E-state index contributed by atoms with van der Waals surface area (Å²) in [6.07, 6.45) is 1.83. The summed E-state index contributed by atoms with van der Waals surface area (Å²) < 4.78 is 2.24. The van der Waals surface area contributed by atoms with Crippen LogP contribution in [-0.2, 0) is 0 Å². The Kier molecular flexibility index (Phi) is 5.80. The third-order valence-corrected chi connectivity index (χ3v) is 11.2. The van der Waals surface area contributed by atoms with Gasteiger partial charge in [-0.05, 0) is 58.1 Å². The summed E-state index contributed by atoms with van der Waals surface area (Å²) >= 11 is 1.73. The summed E-state index contributed by atoms with van der Waals surface area (Å²) in [5, 5.41) is 8.33. The van der Waals surface area contributed by atoms with Crippen molar-refractivity contribution in [3.63, 3.8) is 0 Å². The van der Waals surface area contributed by atoms with E-state index in [0.717, 1.165) is 43.6 Å². The molecule has 0 bridgehead atoms. The zero-order valence-electron chi connectivity index (χ0n) is 26.7. The minimum Gasteiger partial charge on any atom is -0.308 e.